The van der Waals surface area contributed by atoms with Crippen LogP contribution < -0.4 is 4.74 Å². The van der Waals surface area contributed by atoms with Crippen LogP contribution in [0.3, 0.4) is 0 Å². The average Bonchev–Trinajstić information content (AvgIpc) is 2.90. The van der Waals surface area contributed by atoms with E-state index >= 15 is 4.39 Å². The third kappa shape index (κ3) is 6.02. The minimum atomic E-state index is -1.46. The standard InChI is InChI=1S/C28H30ClF3N2O3/c1-37-19-7-8-24-20(16-19)25(21(29)17-33-24)22(30)9-10-28(27(35)36)11-14-34(15-12-28)13-3-5-18-4-2-6-23(31)26(18)32/h2,4,6-8,16-17,22H,3,5,9-15H2,1H3,(H,35,36)/t22-/m1/s1. The SMILES string of the molecule is COc1ccc2ncc(Cl)c([C@H](F)CCC3(C(=O)O)CCN(CCCc4cccc(F)c4F)CC3)c2c1. The zero-order chi connectivity index (χ0) is 26.6. The van der Waals surface area contributed by atoms with Crippen LogP contribution in [0.2, 0.25) is 5.02 Å². The summed E-state index contributed by atoms with van der Waals surface area (Å²) in [5.41, 5.74) is 0.198. The largest absolute Gasteiger partial charge is 0.497 e. The number of ether oxygens (including phenoxy) is 1. The average molecular weight is 535 g/mol. The molecule has 0 radical (unpaired) electrons. The molecule has 0 unspecified atom stereocenters. The molecule has 1 aliphatic rings. The highest BCUT2D eigenvalue weighted by molar-refractivity contribution is 6.32. The second-order valence-electron chi connectivity index (χ2n) is 9.65. The van der Waals surface area contributed by atoms with Crippen molar-refractivity contribution in [3.05, 3.63) is 70.4 Å². The summed E-state index contributed by atoms with van der Waals surface area (Å²) in [7, 11) is 1.52. The van der Waals surface area contributed by atoms with Gasteiger partial charge in [-0.2, -0.15) is 0 Å². The molecule has 0 aliphatic carbocycles. The Morgan fingerprint density at radius 2 is 2.00 bits per heavy atom. The number of benzene rings is 2. The number of piperidine rings is 1. The van der Waals surface area contributed by atoms with Gasteiger partial charge in [0.25, 0.3) is 0 Å². The molecule has 2 heterocycles. The summed E-state index contributed by atoms with van der Waals surface area (Å²) in [5, 5.41) is 10.8. The number of pyridine rings is 1. The molecule has 1 aliphatic heterocycles. The molecule has 2 aromatic carbocycles. The molecule has 0 saturated carbocycles. The maximum Gasteiger partial charge on any atom is 0.309 e. The molecule has 0 amide bonds. The summed E-state index contributed by atoms with van der Waals surface area (Å²) >= 11 is 6.33. The van der Waals surface area contributed by atoms with Crippen molar-refractivity contribution in [1.82, 2.24) is 9.88 Å². The molecule has 1 saturated heterocycles. The van der Waals surface area contributed by atoms with Gasteiger partial charge in [0.15, 0.2) is 11.6 Å². The topological polar surface area (TPSA) is 62.7 Å². The Labute approximate surface area is 219 Å². The number of methoxy groups -OCH3 is 1. The number of nitrogens with zero attached hydrogens (tertiary/aromatic N) is 2. The lowest BCUT2D eigenvalue weighted by atomic mass is 9.74. The molecule has 0 bridgehead atoms. The van der Waals surface area contributed by atoms with Crippen molar-refractivity contribution in [2.24, 2.45) is 5.41 Å². The molecule has 4 rings (SSSR count). The third-order valence-corrected chi connectivity index (χ3v) is 7.78. The first kappa shape index (κ1) is 27.2. The summed E-state index contributed by atoms with van der Waals surface area (Å²) < 4.78 is 48.2. The van der Waals surface area contributed by atoms with E-state index < -0.39 is 29.2 Å². The number of aromatic nitrogens is 1. The lowest BCUT2D eigenvalue weighted by Gasteiger charge is -2.39. The molecule has 1 N–H and O–H groups in total. The van der Waals surface area contributed by atoms with Gasteiger partial charge in [0.05, 0.1) is 23.1 Å². The van der Waals surface area contributed by atoms with Crippen molar-refractivity contribution < 1.29 is 27.8 Å². The van der Waals surface area contributed by atoms with Crippen molar-refractivity contribution in [2.75, 3.05) is 26.7 Å². The molecular weight excluding hydrogens is 505 g/mol. The highest BCUT2D eigenvalue weighted by Crippen LogP contribution is 2.42. The van der Waals surface area contributed by atoms with E-state index in [-0.39, 0.29) is 17.9 Å². The Morgan fingerprint density at radius 1 is 1.24 bits per heavy atom. The van der Waals surface area contributed by atoms with Gasteiger partial charge in [-0.25, -0.2) is 13.2 Å². The lowest BCUT2D eigenvalue weighted by Crippen LogP contribution is -2.44. The van der Waals surface area contributed by atoms with Crippen molar-refractivity contribution >= 4 is 28.5 Å². The monoisotopic (exact) mass is 534 g/mol. The predicted molar refractivity (Wildman–Crippen MR) is 137 cm³/mol. The Hall–Kier alpha value is -2.84. The minimum absolute atomic E-state index is 0.0151. The second-order valence-corrected chi connectivity index (χ2v) is 10.1. The highest BCUT2D eigenvalue weighted by atomic mass is 35.5. The van der Waals surface area contributed by atoms with E-state index in [1.807, 2.05) is 0 Å². The van der Waals surface area contributed by atoms with Gasteiger partial charge in [-0.3, -0.25) is 9.78 Å². The Balaban J connectivity index is 1.37. The number of aliphatic carboxylic acids is 1. The fourth-order valence-corrected chi connectivity index (χ4v) is 5.44. The summed E-state index contributed by atoms with van der Waals surface area (Å²) in [4.78, 5) is 18.7. The summed E-state index contributed by atoms with van der Waals surface area (Å²) in [6.45, 7) is 1.74. The maximum absolute atomic E-state index is 15.6. The Morgan fingerprint density at radius 3 is 2.70 bits per heavy atom. The summed E-state index contributed by atoms with van der Waals surface area (Å²) in [6.07, 6.45) is 1.96. The Bertz CT molecular complexity index is 1260. The van der Waals surface area contributed by atoms with Gasteiger partial charge in [-0.1, -0.05) is 23.7 Å². The van der Waals surface area contributed by atoms with Gasteiger partial charge in [0.2, 0.25) is 0 Å². The normalized spacial score (nSPS) is 16.6. The van der Waals surface area contributed by atoms with E-state index in [1.165, 1.54) is 19.4 Å². The van der Waals surface area contributed by atoms with Crippen LogP contribution in [-0.2, 0) is 11.2 Å². The van der Waals surface area contributed by atoms with Crippen LogP contribution in [0.4, 0.5) is 13.2 Å². The number of alkyl halides is 1. The van der Waals surface area contributed by atoms with E-state index in [0.717, 1.165) is 6.07 Å². The molecule has 198 valence electrons. The summed E-state index contributed by atoms with van der Waals surface area (Å²) in [5.74, 6) is -2.03. The quantitative estimate of drug-likeness (QED) is 0.311. The number of fused-ring (bicyclic) bond motifs is 1. The van der Waals surface area contributed by atoms with Crippen LogP contribution in [0.1, 0.15) is 49.4 Å². The van der Waals surface area contributed by atoms with Crippen LogP contribution in [0.5, 0.6) is 5.75 Å². The fourth-order valence-electron chi connectivity index (χ4n) is 5.17. The highest BCUT2D eigenvalue weighted by Gasteiger charge is 2.41. The number of carbonyl (C=O) groups is 1. The second kappa shape index (κ2) is 11.7. The molecule has 37 heavy (non-hydrogen) atoms. The van der Waals surface area contributed by atoms with Gasteiger partial charge in [-0.15, -0.1) is 0 Å². The van der Waals surface area contributed by atoms with Gasteiger partial charge < -0.3 is 14.7 Å². The number of carboxylic acid groups (broad SMARTS) is 1. The third-order valence-electron chi connectivity index (χ3n) is 7.48. The molecule has 1 aromatic heterocycles. The van der Waals surface area contributed by atoms with Crippen molar-refractivity contribution in [2.45, 2.75) is 44.7 Å². The lowest BCUT2D eigenvalue weighted by molar-refractivity contribution is -0.153. The van der Waals surface area contributed by atoms with E-state index in [2.05, 4.69) is 9.88 Å². The molecule has 9 heteroatoms. The predicted octanol–water partition coefficient (Wildman–Crippen LogP) is 6.77. The van der Waals surface area contributed by atoms with Gasteiger partial charge >= 0.3 is 5.97 Å². The van der Waals surface area contributed by atoms with E-state index in [1.54, 1.807) is 24.3 Å². The number of rotatable bonds is 10. The van der Waals surface area contributed by atoms with Crippen LogP contribution in [0.25, 0.3) is 10.9 Å². The molecular formula is C28H30ClF3N2O3. The molecule has 1 atom stereocenters. The molecule has 3 aromatic rings. The number of hydrogen-bond donors (Lipinski definition) is 1. The molecule has 1 fully saturated rings. The zero-order valence-corrected chi connectivity index (χ0v) is 21.4. The number of hydrogen-bond acceptors (Lipinski definition) is 4. The number of carboxylic acids is 1. The first-order valence-electron chi connectivity index (χ1n) is 12.4. The van der Waals surface area contributed by atoms with Crippen LogP contribution in [-0.4, -0.2) is 47.7 Å². The van der Waals surface area contributed by atoms with Crippen molar-refractivity contribution in [3.63, 3.8) is 0 Å². The smallest absolute Gasteiger partial charge is 0.309 e. The summed E-state index contributed by atoms with van der Waals surface area (Å²) in [6, 6.07) is 9.33. The van der Waals surface area contributed by atoms with Crippen LogP contribution in [0, 0.1) is 17.0 Å². The van der Waals surface area contributed by atoms with Crippen LogP contribution in [0.15, 0.2) is 42.6 Å². The Kier molecular flexibility index (Phi) is 8.60. The van der Waals surface area contributed by atoms with Gasteiger partial charge in [-0.05, 0) is 88.0 Å². The first-order chi connectivity index (χ1) is 17.7. The van der Waals surface area contributed by atoms with Crippen LogP contribution >= 0.6 is 11.6 Å². The van der Waals surface area contributed by atoms with Gasteiger partial charge in [0.1, 0.15) is 11.9 Å². The van der Waals surface area contributed by atoms with Crippen molar-refractivity contribution in [3.8, 4) is 5.75 Å². The van der Waals surface area contributed by atoms with E-state index in [9.17, 15) is 18.7 Å². The van der Waals surface area contributed by atoms with E-state index in [0.29, 0.717) is 73.1 Å². The number of halogens is 4. The molecule has 5 nitrogen and oxygen atoms in total. The minimum Gasteiger partial charge on any atom is -0.497 e. The van der Waals surface area contributed by atoms with Gasteiger partial charge in [0, 0.05) is 17.1 Å². The molecule has 0 spiro atoms. The van der Waals surface area contributed by atoms with Crippen molar-refractivity contribution in [1.29, 1.82) is 0 Å². The number of aryl methyl sites for hydroxylation is 1. The number of likely N-dealkylation sites (tertiary alicyclic amines) is 1. The zero-order valence-electron chi connectivity index (χ0n) is 20.7. The fraction of sp³-hybridized carbons (Fsp3) is 0.429. The maximum atomic E-state index is 15.6. The van der Waals surface area contributed by atoms with E-state index in [4.69, 9.17) is 16.3 Å². The first-order valence-corrected chi connectivity index (χ1v) is 12.8.